The molecule has 0 amide bonds. The van der Waals surface area contributed by atoms with Crippen LogP contribution in [-0.2, 0) is 9.53 Å². The van der Waals surface area contributed by atoms with E-state index in [1.54, 1.807) is 12.1 Å². The molecule has 0 N–H and O–H groups in total. The van der Waals surface area contributed by atoms with E-state index < -0.39 is 5.97 Å². The third-order valence-electron chi connectivity index (χ3n) is 2.37. The minimum absolute atomic E-state index is 0.0312. The Hall–Kier alpha value is -2.73. The summed E-state index contributed by atoms with van der Waals surface area (Å²) in [6.07, 6.45) is 7.81. The molecule has 3 nitrogen and oxygen atoms in total. The maximum absolute atomic E-state index is 11.2. The molecule has 19 heavy (non-hydrogen) atoms. The summed E-state index contributed by atoms with van der Waals surface area (Å²) in [5.41, 5.74) is 0.983. The Morgan fingerprint density at radius 3 is 2.79 bits per heavy atom. The molecule has 2 rings (SSSR count). The second-order valence-corrected chi connectivity index (χ2v) is 3.71. The first-order valence-electron chi connectivity index (χ1n) is 5.73. The monoisotopic (exact) mass is 252 g/mol. The largest absolute Gasteiger partial charge is 0.457 e. The molecule has 2 aromatic rings. The molecule has 3 heteroatoms. The van der Waals surface area contributed by atoms with Crippen LogP contribution in [-0.4, -0.2) is 12.6 Å². The first-order valence-corrected chi connectivity index (χ1v) is 5.73. The van der Waals surface area contributed by atoms with Crippen molar-refractivity contribution < 1.29 is 13.9 Å². The zero-order valence-electron chi connectivity index (χ0n) is 10.2. The van der Waals surface area contributed by atoms with Crippen LogP contribution >= 0.6 is 0 Å². The standard InChI is InChI=1S/C16H12O3/c1-2-12-18-16(17)11-9-14-8-10-15(19-14)13-6-4-3-5-7-13/h1,3-11H,12H2/b11-9+. The van der Waals surface area contributed by atoms with Gasteiger partial charge in [-0.2, -0.15) is 0 Å². The van der Waals surface area contributed by atoms with Gasteiger partial charge in [0.05, 0.1) is 0 Å². The van der Waals surface area contributed by atoms with Gasteiger partial charge in [0.2, 0.25) is 0 Å². The highest BCUT2D eigenvalue weighted by molar-refractivity contribution is 5.86. The van der Waals surface area contributed by atoms with Crippen LogP contribution in [0.25, 0.3) is 17.4 Å². The highest BCUT2D eigenvalue weighted by Crippen LogP contribution is 2.22. The van der Waals surface area contributed by atoms with Crippen molar-refractivity contribution in [2.45, 2.75) is 0 Å². The van der Waals surface area contributed by atoms with Crippen LogP contribution in [0.2, 0.25) is 0 Å². The Morgan fingerprint density at radius 2 is 2.05 bits per heavy atom. The minimum atomic E-state index is -0.490. The maximum Gasteiger partial charge on any atom is 0.331 e. The molecule has 0 spiro atoms. The molecule has 1 heterocycles. The number of terminal acetylenes is 1. The Balaban J connectivity index is 2.04. The number of ether oxygens (including phenoxy) is 1. The summed E-state index contributed by atoms with van der Waals surface area (Å²) in [6, 6.07) is 13.3. The highest BCUT2D eigenvalue weighted by Gasteiger charge is 2.02. The van der Waals surface area contributed by atoms with Crippen LogP contribution in [0.3, 0.4) is 0 Å². The highest BCUT2D eigenvalue weighted by atomic mass is 16.5. The van der Waals surface area contributed by atoms with Crippen molar-refractivity contribution >= 4 is 12.0 Å². The van der Waals surface area contributed by atoms with Crippen LogP contribution < -0.4 is 0 Å². The molecule has 0 saturated carbocycles. The molecule has 0 aliphatic rings. The van der Waals surface area contributed by atoms with Gasteiger partial charge in [0, 0.05) is 11.6 Å². The van der Waals surface area contributed by atoms with Crippen LogP contribution in [0, 0.1) is 12.3 Å². The summed E-state index contributed by atoms with van der Waals surface area (Å²) in [7, 11) is 0. The van der Waals surface area contributed by atoms with Crippen LogP contribution in [0.1, 0.15) is 5.76 Å². The van der Waals surface area contributed by atoms with Gasteiger partial charge in [-0.15, -0.1) is 6.42 Å². The van der Waals surface area contributed by atoms with Gasteiger partial charge < -0.3 is 9.15 Å². The van der Waals surface area contributed by atoms with Crippen molar-refractivity contribution in [2.75, 3.05) is 6.61 Å². The van der Waals surface area contributed by atoms with Gasteiger partial charge in [-0.1, -0.05) is 36.3 Å². The predicted octanol–water partition coefficient (Wildman–Crippen LogP) is 3.14. The lowest BCUT2D eigenvalue weighted by atomic mass is 10.2. The van der Waals surface area contributed by atoms with Crippen molar-refractivity contribution in [2.24, 2.45) is 0 Å². The second kappa shape index (κ2) is 6.27. The number of hydrogen-bond acceptors (Lipinski definition) is 3. The Kier molecular flexibility index (Phi) is 4.20. The average Bonchev–Trinajstić information content (AvgIpc) is 2.93. The van der Waals surface area contributed by atoms with E-state index in [1.165, 1.54) is 6.08 Å². The molecular formula is C16H12O3. The molecule has 0 aliphatic heterocycles. The van der Waals surface area contributed by atoms with E-state index in [9.17, 15) is 4.79 Å². The first kappa shape index (κ1) is 12.7. The lowest BCUT2D eigenvalue weighted by molar-refractivity contribution is -0.136. The Morgan fingerprint density at radius 1 is 1.26 bits per heavy atom. The van der Waals surface area contributed by atoms with Crippen molar-refractivity contribution in [3.05, 3.63) is 54.3 Å². The normalized spacial score (nSPS) is 10.3. The second-order valence-electron chi connectivity index (χ2n) is 3.71. The summed E-state index contributed by atoms with van der Waals surface area (Å²) in [5.74, 6) is 3.06. The van der Waals surface area contributed by atoms with Gasteiger partial charge >= 0.3 is 5.97 Å². The van der Waals surface area contributed by atoms with E-state index in [-0.39, 0.29) is 6.61 Å². The van der Waals surface area contributed by atoms with Crippen molar-refractivity contribution in [3.8, 4) is 23.7 Å². The molecule has 0 fully saturated rings. The first-order chi connectivity index (χ1) is 9.29. The number of esters is 1. The summed E-state index contributed by atoms with van der Waals surface area (Å²) in [4.78, 5) is 11.2. The zero-order valence-corrected chi connectivity index (χ0v) is 10.2. The van der Waals surface area contributed by atoms with E-state index in [1.807, 2.05) is 36.4 Å². The van der Waals surface area contributed by atoms with Gasteiger partial charge in [0.1, 0.15) is 11.5 Å². The third kappa shape index (κ3) is 3.62. The van der Waals surface area contributed by atoms with Gasteiger partial charge in [-0.3, -0.25) is 0 Å². The average molecular weight is 252 g/mol. The number of rotatable bonds is 4. The van der Waals surface area contributed by atoms with Gasteiger partial charge in [0.25, 0.3) is 0 Å². The van der Waals surface area contributed by atoms with E-state index in [2.05, 4.69) is 5.92 Å². The number of benzene rings is 1. The fourth-order valence-electron chi connectivity index (χ4n) is 1.51. The third-order valence-corrected chi connectivity index (χ3v) is 2.37. The summed E-state index contributed by atoms with van der Waals surface area (Å²) >= 11 is 0. The van der Waals surface area contributed by atoms with Crippen molar-refractivity contribution in [1.82, 2.24) is 0 Å². The molecule has 1 aromatic carbocycles. The Labute approximate surface area is 111 Å². The topological polar surface area (TPSA) is 39.4 Å². The molecule has 1 aromatic heterocycles. The minimum Gasteiger partial charge on any atom is -0.457 e. The molecule has 0 radical (unpaired) electrons. The van der Waals surface area contributed by atoms with Crippen molar-refractivity contribution in [1.29, 1.82) is 0 Å². The fourth-order valence-corrected chi connectivity index (χ4v) is 1.51. The predicted molar refractivity (Wildman–Crippen MR) is 73.0 cm³/mol. The molecule has 0 aliphatic carbocycles. The SMILES string of the molecule is C#CCOC(=O)/C=C/c1ccc(-c2ccccc2)o1. The molecule has 0 saturated heterocycles. The Bertz CT molecular complexity index is 615. The number of furan rings is 1. The van der Waals surface area contributed by atoms with Crippen LogP contribution in [0.5, 0.6) is 0 Å². The summed E-state index contributed by atoms with van der Waals surface area (Å²) < 4.78 is 10.3. The fraction of sp³-hybridized carbons (Fsp3) is 0.0625. The van der Waals surface area contributed by atoms with Crippen molar-refractivity contribution in [3.63, 3.8) is 0 Å². The van der Waals surface area contributed by atoms with Gasteiger partial charge in [0.15, 0.2) is 6.61 Å². The van der Waals surface area contributed by atoms with Crippen LogP contribution in [0.4, 0.5) is 0 Å². The zero-order chi connectivity index (χ0) is 13.5. The quantitative estimate of drug-likeness (QED) is 0.476. The number of carbonyl (C=O) groups is 1. The van der Waals surface area contributed by atoms with E-state index in [0.29, 0.717) is 5.76 Å². The van der Waals surface area contributed by atoms with Crippen LogP contribution in [0.15, 0.2) is 53.0 Å². The lowest BCUT2D eigenvalue weighted by Crippen LogP contribution is -1.99. The number of hydrogen-bond donors (Lipinski definition) is 0. The van der Waals surface area contributed by atoms with E-state index in [4.69, 9.17) is 15.6 Å². The van der Waals surface area contributed by atoms with Gasteiger partial charge in [-0.05, 0) is 18.2 Å². The van der Waals surface area contributed by atoms with E-state index >= 15 is 0 Å². The number of carbonyl (C=O) groups excluding carboxylic acids is 1. The maximum atomic E-state index is 11.2. The van der Waals surface area contributed by atoms with Gasteiger partial charge in [-0.25, -0.2) is 4.79 Å². The lowest BCUT2D eigenvalue weighted by Gasteiger charge is -1.95. The summed E-state index contributed by atoms with van der Waals surface area (Å²) in [6.45, 7) is -0.0312. The molecular weight excluding hydrogens is 240 g/mol. The molecule has 0 unspecified atom stereocenters. The summed E-state index contributed by atoms with van der Waals surface area (Å²) in [5, 5.41) is 0. The smallest absolute Gasteiger partial charge is 0.331 e. The molecule has 0 bridgehead atoms. The van der Waals surface area contributed by atoms with E-state index in [0.717, 1.165) is 11.3 Å². The molecule has 0 atom stereocenters. The molecule has 94 valence electrons.